The van der Waals surface area contributed by atoms with Crippen molar-refractivity contribution in [2.75, 3.05) is 6.61 Å². The fourth-order valence-corrected chi connectivity index (χ4v) is 5.14. The molecule has 3 rings (SSSR count). The number of rotatable bonds is 8. The zero-order valence-electron chi connectivity index (χ0n) is 18.7. The lowest BCUT2D eigenvalue weighted by Crippen LogP contribution is -2.46. The van der Waals surface area contributed by atoms with Crippen LogP contribution in [0.4, 0.5) is 0 Å². The Morgan fingerprint density at radius 2 is 1.90 bits per heavy atom. The van der Waals surface area contributed by atoms with Crippen LogP contribution >= 0.6 is 0 Å². The first-order chi connectivity index (χ1) is 14.1. The quantitative estimate of drug-likeness (QED) is 0.501. The fourth-order valence-electron chi connectivity index (χ4n) is 5.14. The Morgan fingerprint density at radius 3 is 2.57 bits per heavy atom. The molecule has 0 amide bonds. The molecule has 1 aromatic rings. The molecular formula is C25H36O5. The van der Waals surface area contributed by atoms with Crippen LogP contribution in [0.3, 0.4) is 0 Å². The maximum atomic E-state index is 11.6. The molecular weight excluding hydrogens is 380 g/mol. The van der Waals surface area contributed by atoms with Crippen molar-refractivity contribution in [3.63, 3.8) is 0 Å². The first-order valence-corrected chi connectivity index (χ1v) is 11.2. The Bertz CT molecular complexity index is 821. The summed E-state index contributed by atoms with van der Waals surface area (Å²) in [6.07, 6.45) is 7.87. The van der Waals surface area contributed by atoms with Crippen LogP contribution in [0.5, 0.6) is 11.5 Å². The molecule has 0 bridgehead atoms. The van der Waals surface area contributed by atoms with Gasteiger partial charge in [-0.05, 0) is 62.6 Å². The van der Waals surface area contributed by atoms with Gasteiger partial charge < -0.3 is 20.1 Å². The fraction of sp³-hybridized carbons (Fsp3) is 0.640. The molecule has 5 nitrogen and oxygen atoms in total. The number of allylic oxidation sites excluding steroid dienone is 1. The summed E-state index contributed by atoms with van der Waals surface area (Å²) in [5, 5.41) is 29.4. The van der Waals surface area contributed by atoms with E-state index in [1.807, 2.05) is 12.1 Å². The summed E-state index contributed by atoms with van der Waals surface area (Å²) in [6, 6.07) is 3.91. The molecule has 166 valence electrons. The first kappa shape index (κ1) is 22.7. The molecule has 1 aliphatic carbocycles. The molecule has 0 radical (unpaired) electrons. The minimum Gasteiger partial charge on any atom is -0.508 e. The van der Waals surface area contributed by atoms with E-state index in [-0.39, 0.29) is 29.6 Å². The zero-order chi connectivity index (χ0) is 22.1. The lowest BCUT2D eigenvalue weighted by atomic mass is 9.66. The van der Waals surface area contributed by atoms with Gasteiger partial charge >= 0.3 is 5.97 Å². The van der Waals surface area contributed by atoms with E-state index in [2.05, 4.69) is 33.8 Å². The van der Waals surface area contributed by atoms with Crippen LogP contribution in [0.1, 0.15) is 89.7 Å². The highest BCUT2D eigenvalue weighted by Gasteiger charge is 2.47. The Labute approximate surface area is 179 Å². The minimum atomic E-state index is -0.877. The molecule has 5 heteroatoms. The number of carboxylic acid groups (broad SMARTS) is 1. The lowest BCUT2D eigenvalue weighted by molar-refractivity contribution is -0.133. The van der Waals surface area contributed by atoms with E-state index in [9.17, 15) is 15.0 Å². The Morgan fingerprint density at radius 1 is 1.20 bits per heavy atom. The number of aliphatic hydroxyl groups is 1. The molecule has 1 aliphatic heterocycles. The second-order valence-electron chi connectivity index (χ2n) is 10.1. The van der Waals surface area contributed by atoms with Crippen LogP contribution in [0.25, 0.3) is 0 Å². The Balaban J connectivity index is 1.89. The number of hydrogen-bond donors (Lipinski definition) is 3. The van der Waals surface area contributed by atoms with Gasteiger partial charge in [-0.1, -0.05) is 39.2 Å². The first-order valence-electron chi connectivity index (χ1n) is 11.2. The van der Waals surface area contributed by atoms with E-state index in [1.54, 1.807) is 0 Å². The standard InChI is InChI=1S/C25H36O5/c1-24(2,11-7-5-6-8-12-26)17-14-20(27)22-18-13-16(23(28)29)9-10-19(18)25(3,4)30-21(22)15-17/h9,14-15,18-19,26-27H,5-8,10-13H2,1-4H3,(H,28,29)/t18-,19-/m1/s1. The van der Waals surface area contributed by atoms with Crippen LogP contribution in [0.2, 0.25) is 0 Å². The molecule has 0 spiro atoms. The molecule has 0 unspecified atom stereocenters. The largest absolute Gasteiger partial charge is 0.508 e. The van der Waals surface area contributed by atoms with E-state index in [0.29, 0.717) is 24.2 Å². The van der Waals surface area contributed by atoms with Gasteiger partial charge in [-0.3, -0.25) is 0 Å². The number of aromatic hydroxyl groups is 1. The van der Waals surface area contributed by atoms with E-state index < -0.39 is 11.6 Å². The molecule has 0 saturated carbocycles. The lowest BCUT2D eigenvalue weighted by Gasteiger charge is -2.47. The number of hydrogen-bond acceptors (Lipinski definition) is 4. The zero-order valence-corrected chi connectivity index (χ0v) is 18.7. The van der Waals surface area contributed by atoms with Gasteiger partial charge in [0.25, 0.3) is 0 Å². The second kappa shape index (κ2) is 8.62. The predicted octanol–water partition coefficient (Wildman–Crippen LogP) is 5.29. The summed E-state index contributed by atoms with van der Waals surface area (Å²) in [5.41, 5.74) is 1.67. The van der Waals surface area contributed by atoms with Crippen LogP contribution < -0.4 is 4.74 Å². The summed E-state index contributed by atoms with van der Waals surface area (Å²) < 4.78 is 6.39. The summed E-state index contributed by atoms with van der Waals surface area (Å²) in [5.74, 6) is 0.0989. The van der Waals surface area contributed by atoms with Crippen molar-refractivity contribution < 1.29 is 24.9 Å². The predicted molar refractivity (Wildman–Crippen MR) is 117 cm³/mol. The SMILES string of the molecule is CC(C)(CCCCCCO)c1cc(O)c2c(c1)OC(C)(C)[C@@H]1CC=C(C(=O)O)C[C@@H]21. The van der Waals surface area contributed by atoms with E-state index in [4.69, 9.17) is 9.84 Å². The summed E-state index contributed by atoms with van der Waals surface area (Å²) >= 11 is 0. The van der Waals surface area contributed by atoms with Gasteiger partial charge in [-0.2, -0.15) is 0 Å². The highest BCUT2D eigenvalue weighted by atomic mass is 16.5. The Hall–Kier alpha value is -2.01. The molecule has 1 heterocycles. The number of phenolic OH excluding ortho intramolecular Hbond substituents is 1. The summed E-state index contributed by atoms with van der Waals surface area (Å²) in [7, 11) is 0. The maximum absolute atomic E-state index is 11.6. The topological polar surface area (TPSA) is 87.0 Å². The van der Waals surface area contributed by atoms with Crippen LogP contribution in [-0.4, -0.2) is 33.5 Å². The van der Waals surface area contributed by atoms with Gasteiger partial charge in [0, 0.05) is 29.6 Å². The van der Waals surface area contributed by atoms with Crippen molar-refractivity contribution in [1.29, 1.82) is 0 Å². The summed E-state index contributed by atoms with van der Waals surface area (Å²) in [4.78, 5) is 11.6. The smallest absolute Gasteiger partial charge is 0.331 e. The molecule has 2 aliphatic rings. The van der Waals surface area contributed by atoms with Crippen molar-refractivity contribution in [2.24, 2.45) is 5.92 Å². The van der Waals surface area contributed by atoms with Gasteiger partial charge in [-0.25, -0.2) is 4.79 Å². The van der Waals surface area contributed by atoms with E-state index >= 15 is 0 Å². The van der Waals surface area contributed by atoms with Crippen LogP contribution in [0.15, 0.2) is 23.8 Å². The maximum Gasteiger partial charge on any atom is 0.331 e. The number of benzene rings is 1. The van der Waals surface area contributed by atoms with Gasteiger partial charge in [0.2, 0.25) is 0 Å². The highest BCUT2D eigenvalue weighted by Crippen LogP contribution is 2.55. The molecule has 0 saturated heterocycles. The number of ether oxygens (including phenoxy) is 1. The molecule has 2 atom stereocenters. The van der Waals surface area contributed by atoms with Gasteiger partial charge in [0.05, 0.1) is 0 Å². The average Bonchev–Trinajstić information content (AvgIpc) is 2.66. The molecule has 1 aromatic carbocycles. The molecule has 3 N–H and O–H groups in total. The Kier molecular flexibility index (Phi) is 6.51. The molecule has 30 heavy (non-hydrogen) atoms. The molecule has 0 fully saturated rings. The van der Waals surface area contributed by atoms with Crippen molar-refractivity contribution >= 4 is 5.97 Å². The number of aliphatic carboxylic acids is 1. The third kappa shape index (κ3) is 4.51. The highest BCUT2D eigenvalue weighted by molar-refractivity contribution is 5.87. The monoisotopic (exact) mass is 416 g/mol. The second-order valence-corrected chi connectivity index (χ2v) is 10.1. The van der Waals surface area contributed by atoms with Gasteiger partial charge in [-0.15, -0.1) is 0 Å². The molecule has 0 aromatic heterocycles. The van der Waals surface area contributed by atoms with Crippen molar-refractivity contribution in [3.05, 3.63) is 34.9 Å². The van der Waals surface area contributed by atoms with Crippen molar-refractivity contribution in [2.45, 2.75) is 89.6 Å². The van der Waals surface area contributed by atoms with E-state index in [0.717, 1.165) is 43.2 Å². The number of carbonyl (C=O) groups is 1. The van der Waals surface area contributed by atoms with Gasteiger partial charge in [0.1, 0.15) is 17.1 Å². The number of aliphatic hydroxyl groups excluding tert-OH is 1. The van der Waals surface area contributed by atoms with Crippen LogP contribution in [-0.2, 0) is 10.2 Å². The third-order valence-electron chi connectivity index (χ3n) is 7.07. The van der Waals surface area contributed by atoms with Crippen molar-refractivity contribution in [1.82, 2.24) is 0 Å². The normalized spacial score (nSPS) is 22.5. The average molecular weight is 417 g/mol. The number of fused-ring (bicyclic) bond motifs is 3. The van der Waals surface area contributed by atoms with Crippen LogP contribution in [0, 0.1) is 5.92 Å². The summed E-state index contributed by atoms with van der Waals surface area (Å²) in [6.45, 7) is 8.73. The van der Waals surface area contributed by atoms with Gasteiger partial charge in [0.15, 0.2) is 0 Å². The minimum absolute atomic E-state index is 0.0597. The number of carboxylic acids is 1. The van der Waals surface area contributed by atoms with Crippen molar-refractivity contribution in [3.8, 4) is 11.5 Å². The number of phenols is 1. The third-order valence-corrected chi connectivity index (χ3v) is 7.07. The number of unbranched alkanes of at least 4 members (excludes halogenated alkanes) is 3. The van der Waals surface area contributed by atoms with E-state index in [1.165, 1.54) is 0 Å².